The van der Waals surface area contributed by atoms with Crippen LogP contribution in [-0.2, 0) is 0 Å². The minimum Gasteiger partial charge on any atom is -0.366 e. The predicted molar refractivity (Wildman–Crippen MR) is 57.7 cm³/mol. The smallest absolute Gasteiger partial charge is 0.249 e. The highest BCUT2D eigenvalue weighted by molar-refractivity contribution is 6.08. The lowest BCUT2D eigenvalue weighted by molar-refractivity contribution is 0.1000. The molecule has 1 aromatic rings. The lowest BCUT2D eigenvalue weighted by Gasteiger charge is -2.05. The average Bonchev–Trinajstić information content (AvgIpc) is 2.18. The first kappa shape index (κ1) is 10.4. The van der Waals surface area contributed by atoms with E-state index in [4.69, 9.17) is 5.73 Å². The van der Waals surface area contributed by atoms with Gasteiger partial charge < -0.3 is 5.73 Å². The van der Waals surface area contributed by atoms with Crippen molar-refractivity contribution in [3.05, 3.63) is 35.4 Å². The van der Waals surface area contributed by atoms with E-state index in [-0.39, 0.29) is 0 Å². The Hall–Kier alpha value is -1.64. The fourth-order valence-electron chi connectivity index (χ4n) is 1.34. The van der Waals surface area contributed by atoms with Crippen molar-refractivity contribution in [3.63, 3.8) is 0 Å². The summed E-state index contributed by atoms with van der Waals surface area (Å²) in [6, 6.07) is 7.24. The first-order valence-corrected chi connectivity index (χ1v) is 4.57. The molecule has 0 bridgehead atoms. The second kappa shape index (κ2) is 4.56. The van der Waals surface area contributed by atoms with Gasteiger partial charge in [0.25, 0.3) is 0 Å². The van der Waals surface area contributed by atoms with Crippen LogP contribution < -0.4 is 5.73 Å². The Bertz CT molecular complexity index is 369. The van der Waals surface area contributed by atoms with E-state index in [9.17, 15) is 4.79 Å². The van der Waals surface area contributed by atoms with E-state index in [0.717, 1.165) is 11.3 Å². The van der Waals surface area contributed by atoms with Crippen LogP contribution in [-0.4, -0.2) is 18.2 Å². The van der Waals surface area contributed by atoms with Gasteiger partial charge in [0.05, 0.1) is 0 Å². The van der Waals surface area contributed by atoms with Gasteiger partial charge in [-0.2, -0.15) is 0 Å². The first-order chi connectivity index (χ1) is 6.66. The molecule has 3 nitrogen and oxygen atoms in total. The van der Waals surface area contributed by atoms with Gasteiger partial charge in [-0.05, 0) is 19.9 Å². The fourth-order valence-corrected chi connectivity index (χ4v) is 1.34. The van der Waals surface area contributed by atoms with Crippen molar-refractivity contribution in [3.8, 4) is 0 Å². The zero-order valence-corrected chi connectivity index (χ0v) is 8.45. The number of benzene rings is 1. The molecule has 0 aliphatic carbocycles. The molecule has 0 aliphatic rings. The Morgan fingerprint density at radius 2 is 1.93 bits per heavy atom. The number of hydrogen-bond donors (Lipinski definition) is 1. The van der Waals surface area contributed by atoms with Crippen molar-refractivity contribution in [2.75, 3.05) is 6.54 Å². The van der Waals surface area contributed by atoms with Crippen molar-refractivity contribution >= 4 is 11.6 Å². The highest BCUT2D eigenvalue weighted by atomic mass is 16.1. The molecular weight excluding hydrogens is 176 g/mol. The number of amides is 1. The molecule has 0 saturated heterocycles. The monoisotopic (exact) mass is 190 g/mol. The highest BCUT2D eigenvalue weighted by Crippen LogP contribution is 2.09. The number of nitrogens with zero attached hydrogens (tertiary/aromatic N) is 1. The molecule has 2 N–H and O–H groups in total. The number of rotatable bonds is 3. The van der Waals surface area contributed by atoms with Crippen LogP contribution in [0.5, 0.6) is 0 Å². The van der Waals surface area contributed by atoms with E-state index in [1.165, 1.54) is 0 Å². The van der Waals surface area contributed by atoms with Crippen LogP contribution >= 0.6 is 0 Å². The molecule has 1 amide bonds. The summed E-state index contributed by atoms with van der Waals surface area (Å²) in [4.78, 5) is 15.3. The summed E-state index contributed by atoms with van der Waals surface area (Å²) in [5.74, 6) is -0.411. The van der Waals surface area contributed by atoms with Crippen LogP contribution in [0.25, 0.3) is 0 Å². The Morgan fingerprint density at radius 1 is 1.36 bits per heavy atom. The Balaban J connectivity index is 3.20. The SMILES string of the molecule is CCN=C(C)c1ccccc1C(N)=O. The molecule has 3 heteroatoms. The Morgan fingerprint density at radius 3 is 2.43 bits per heavy atom. The topological polar surface area (TPSA) is 55.4 Å². The maximum absolute atomic E-state index is 11.1. The molecule has 0 aromatic heterocycles. The number of carbonyl (C=O) groups is 1. The van der Waals surface area contributed by atoms with Crippen LogP contribution in [0.4, 0.5) is 0 Å². The molecule has 0 fully saturated rings. The van der Waals surface area contributed by atoms with Gasteiger partial charge in [0, 0.05) is 23.4 Å². The van der Waals surface area contributed by atoms with E-state index >= 15 is 0 Å². The number of carbonyl (C=O) groups excluding carboxylic acids is 1. The van der Waals surface area contributed by atoms with Crippen molar-refractivity contribution in [2.45, 2.75) is 13.8 Å². The van der Waals surface area contributed by atoms with Crippen molar-refractivity contribution in [2.24, 2.45) is 10.7 Å². The summed E-state index contributed by atoms with van der Waals surface area (Å²) >= 11 is 0. The molecule has 0 heterocycles. The minimum atomic E-state index is -0.411. The third-order valence-electron chi connectivity index (χ3n) is 1.98. The zero-order valence-electron chi connectivity index (χ0n) is 8.45. The van der Waals surface area contributed by atoms with Gasteiger partial charge in [-0.1, -0.05) is 18.2 Å². The molecule has 1 aromatic carbocycles. The van der Waals surface area contributed by atoms with Crippen molar-refractivity contribution < 1.29 is 4.79 Å². The van der Waals surface area contributed by atoms with Gasteiger partial charge in [0.2, 0.25) is 5.91 Å². The normalized spacial score (nSPS) is 11.4. The number of nitrogens with two attached hydrogens (primary N) is 1. The van der Waals surface area contributed by atoms with E-state index in [2.05, 4.69) is 4.99 Å². The maximum atomic E-state index is 11.1. The summed E-state index contributed by atoms with van der Waals surface area (Å²) < 4.78 is 0. The molecule has 0 atom stereocenters. The number of hydrogen-bond acceptors (Lipinski definition) is 2. The summed E-state index contributed by atoms with van der Waals surface area (Å²) in [5.41, 5.74) is 7.45. The quantitative estimate of drug-likeness (QED) is 0.723. The van der Waals surface area contributed by atoms with E-state index in [1.54, 1.807) is 12.1 Å². The summed E-state index contributed by atoms with van der Waals surface area (Å²) in [5, 5.41) is 0. The Labute approximate surface area is 83.7 Å². The second-order valence-electron chi connectivity index (χ2n) is 2.97. The van der Waals surface area contributed by atoms with Gasteiger partial charge in [0.15, 0.2) is 0 Å². The second-order valence-corrected chi connectivity index (χ2v) is 2.97. The third-order valence-corrected chi connectivity index (χ3v) is 1.98. The average molecular weight is 190 g/mol. The van der Waals surface area contributed by atoms with Gasteiger partial charge in [-0.3, -0.25) is 9.79 Å². The molecule has 0 radical (unpaired) electrons. The molecule has 0 saturated carbocycles. The molecule has 0 unspecified atom stereocenters. The predicted octanol–water partition coefficient (Wildman–Crippen LogP) is 1.61. The van der Waals surface area contributed by atoms with Crippen LogP contribution in [0.15, 0.2) is 29.3 Å². The van der Waals surface area contributed by atoms with Crippen LogP contribution in [0.2, 0.25) is 0 Å². The third kappa shape index (κ3) is 2.19. The first-order valence-electron chi connectivity index (χ1n) is 4.57. The highest BCUT2D eigenvalue weighted by Gasteiger charge is 2.08. The molecule has 14 heavy (non-hydrogen) atoms. The van der Waals surface area contributed by atoms with Crippen molar-refractivity contribution in [1.29, 1.82) is 0 Å². The fraction of sp³-hybridized carbons (Fsp3) is 0.273. The van der Waals surface area contributed by atoms with Crippen molar-refractivity contribution in [1.82, 2.24) is 0 Å². The number of primary amides is 1. The molecule has 0 spiro atoms. The van der Waals surface area contributed by atoms with Gasteiger partial charge >= 0.3 is 0 Å². The van der Waals surface area contributed by atoms with Crippen LogP contribution in [0, 0.1) is 0 Å². The summed E-state index contributed by atoms with van der Waals surface area (Å²) in [6.45, 7) is 4.54. The zero-order chi connectivity index (χ0) is 10.6. The van der Waals surface area contributed by atoms with Gasteiger partial charge in [-0.15, -0.1) is 0 Å². The molecule has 0 aliphatic heterocycles. The molecular formula is C11H14N2O. The summed E-state index contributed by atoms with van der Waals surface area (Å²) in [6.07, 6.45) is 0. The maximum Gasteiger partial charge on any atom is 0.249 e. The minimum absolute atomic E-state index is 0.411. The van der Waals surface area contributed by atoms with E-state index in [1.807, 2.05) is 26.0 Å². The van der Waals surface area contributed by atoms with E-state index < -0.39 is 5.91 Å². The standard InChI is InChI=1S/C11H14N2O/c1-3-13-8(2)9-6-4-5-7-10(9)11(12)14/h4-7H,3H2,1-2H3,(H2,12,14). The lowest BCUT2D eigenvalue weighted by atomic mass is 10.0. The number of aliphatic imine (C=N–C) groups is 1. The largest absolute Gasteiger partial charge is 0.366 e. The Kier molecular flexibility index (Phi) is 3.40. The van der Waals surface area contributed by atoms with Gasteiger partial charge in [-0.25, -0.2) is 0 Å². The van der Waals surface area contributed by atoms with Crippen LogP contribution in [0.1, 0.15) is 29.8 Å². The lowest BCUT2D eigenvalue weighted by Crippen LogP contribution is -2.15. The van der Waals surface area contributed by atoms with Gasteiger partial charge in [0.1, 0.15) is 0 Å². The summed E-state index contributed by atoms with van der Waals surface area (Å²) in [7, 11) is 0. The molecule has 1 rings (SSSR count). The van der Waals surface area contributed by atoms with Crippen LogP contribution in [0.3, 0.4) is 0 Å². The molecule has 74 valence electrons. The van der Waals surface area contributed by atoms with E-state index in [0.29, 0.717) is 12.1 Å².